The third-order valence-corrected chi connectivity index (χ3v) is 4.32. The largest absolute Gasteiger partial charge is 0.396 e. The summed E-state index contributed by atoms with van der Waals surface area (Å²) < 4.78 is 14.6. The van der Waals surface area contributed by atoms with Gasteiger partial charge in [0.05, 0.1) is 17.9 Å². The van der Waals surface area contributed by atoms with Crippen molar-refractivity contribution in [1.29, 1.82) is 0 Å². The lowest BCUT2D eigenvalue weighted by Crippen LogP contribution is -2.44. The number of aliphatic hydroxyl groups excluding tert-OH is 1. The third-order valence-electron chi connectivity index (χ3n) is 4.32. The maximum absolute atomic E-state index is 12.9. The van der Waals surface area contributed by atoms with Gasteiger partial charge >= 0.3 is 6.03 Å². The van der Waals surface area contributed by atoms with Crippen LogP contribution >= 0.6 is 0 Å². The van der Waals surface area contributed by atoms with Crippen LogP contribution in [0.25, 0.3) is 5.69 Å². The van der Waals surface area contributed by atoms with Gasteiger partial charge in [0.1, 0.15) is 5.82 Å². The average Bonchev–Trinajstić information content (AvgIpc) is 3.09. The molecule has 0 saturated carbocycles. The molecule has 1 fully saturated rings. The number of rotatable bonds is 4. The Balaban J connectivity index is 1.52. The third kappa shape index (κ3) is 3.91. The summed E-state index contributed by atoms with van der Waals surface area (Å²) >= 11 is 0. The number of benzene rings is 1. The number of aliphatic hydroxyl groups is 1. The van der Waals surface area contributed by atoms with Gasteiger partial charge in [-0.2, -0.15) is 5.10 Å². The predicted octanol–water partition coefficient (Wildman–Crippen LogP) is 1.93. The highest BCUT2D eigenvalue weighted by atomic mass is 19.1. The molecule has 2 amide bonds. The van der Waals surface area contributed by atoms with Crippen molar-refractivity contribution in [1.82, 2.24) is 20.0 Å². The van der Waals surface area contributed by atoms with Crippen molar-refractivity contribution < 1.29 is 14.3 Å². The minimum atomic E-state index is -0.289. The molecule has 24 heavy (non-hydrogen) atoms. The fraction of sp³-hybridized carbons (Fsp3) is 0.412. The summed E-state index contributed by atoms with van der Waals surface area (Å²) in [6, 6.07) is 7.78. The molecule has 0 aliphatic carbocycles. The van der Waals surface area contributed by atoms with Crippen LogP contribution in [-0.4, -0.2) is 45.5 Å². The van der Waals surface area contributed by atoms with E-state index in [4.69, 9.17) is 5.11 Å². The Kier molecular flexibility index (Phi) is 5.10. The van der Waals surface area contributed by atoms with E-state index in [-0.39, 0.29) is 18.5 Å². The van der Waals surface area contributed by atoms with Crippen molar-refractivity contribution in [3.05, 3.63) is 48.0 Å². The smallest absolute Gasteiger partial charge is 0.317 e. The van der Waals surface area contributed by atoms with Crippen molar-refractivity contribution >= 4 is 6.03 Å². The number of carbonyl (C=O) groups is 1. The van der Waals surface area contributed by atoms with E-state index < -0.39 is 0 Å². The summed E-state index contributed by atoms with van der Waals surface area (Å²) in [6.45, 7) is 1.87. The summed E-state index contributed by atoms with van der Waals surface area (Å²) in [6.07, 6.45) is 3.45. The maximum atomic E-state index is 12.9. The molecule has 0 radical (unpaired) electrons. The Hall–Kier alpha value is -2.41. The topological polar surface area (TPSA) is 70.4 Å². The van der Waals surface area contributed by atoms with Crippen LogP contribution in [0, 0.1) is 11.7 Å². The first-order chi connectivity index (χ1) is 11.7. The summed E-state index contributed by atoms with van der Waals surface area (Å²) in [5, 5.41) is 16.4. The number of carbonyl (C=O) groups excluding carboxylic acids is 1. The van der Waals surface area contributed by atoms with Crippen LogP contribution in [0.2, 0.25) is 0 Å². The van der Waals surface area contributed by atoms with Gasteiger partial charge in [0, 0.05) is 25.9 Å². The van der Waals surface area contributed by atoms with Gasteiger partial charge in [-0.1, -0.05) is 0 Å². The number of likely N-dealkylation sites (tertiary alicyclic amines) is 1. The Bertz CT molecular complexity index is 678. The normalized spacial score (nSPS) is 15.5. The van der Waals surface area contributed by atoms with E-state index in [2.05, 4.69) is 10.4 Å². The van der Waals surface area contributed by atoms with E-state index in [1.54, 1.807) is 27.9 Å². The summed E-state index contributed by atoms with van der Waals surface area (Å²) in [5.41, 5.74) is 1.50. The first kappa shape index (κ1) is 16.4. The van der Waals surface area contributed by atoms with E-state index in [1.165, 1.54) is 12.1 Å². The van der Waals surface area contributed by atoms with E-state index >= 15 is 0 Å². The fourth-order valence-electron chi connectivity index (χ4n) is 2.79. The molecule has 128 valence electrons. The van der Waals surface area contributed by atoms with E-state index in [0.29, 0.717) is 25.6 Å². The zero-order valence-corrected chi connectivity index (χ0v) is 13.4. The molecule has 2 heterocycles. The van der Waals surface area contributed by atoms with Gasteiger partial charge < -0.3 is 15.3 Å². The van der Waals surface area contributed by atoms with Gasteiger partial charge in [-0.15, -0.1) is 0 Å². The van der Waals surface area contributed by atoms with Gasteiger partial charge in [0.15, 0.2) is 0 Å². The minimum absolute atomic E-state index is 0.109. The van der Waals surface area contributed by atoms with E-state index in [9.17, 15) is 9.18 Å². The number of hydrogen-bond acceptors (Lipinski definition) is 3. The van der Waals surface area contributed by atoms with Gasteiger partial charge in [-0.05, 0) is 49.1 Å². The maximum Gasteiger partial charge on any atom is 0.317 e. The summed E-state index contributed by atoms with van der Waals surface area (Å²) in [5.74, 6) is 0.0174. The Labute approximate surface area is 139 Å². The molecule has 0 unspecified atom stereocenters. The van der Waals surface area contributed by atoms with Crippen LogP contribution in [0.5, 0.6) is 0 Å². The van der Waals surface area contributed by atoms with Crippen molar-refractivity contribution in [2.75, 3.05) is 19.7 Å². The highest BCUT2D eigenvalue weighted by Crippen LogP contribution is 2.16. The number of piperidine rings is 1. The minimum Gasteiger partial charge on any atom is -0.396 e. The van der Waals surface area contributed by atoms with Gasteiger partial charge in [-0.25, -0.2) is 13.9 Å². The Morgan fingerprint density at radius 1 is 1.25 bits per heavy atom. The van der Waals surface area contributed by atoms with Crippen LogP contribution in [0.15, 0.2) is 36.5 Å². The number of halogens is 1. The molecule has 0 atom stereocenters. The number of nitrogens with zero attached hydrogens (tertiary/aromatic N) is 3. The zero-order valence-electron chi connectivity index (χ0n) is 13.4. The van der Waals surface area contributed by atoms with E-state index in [0.717, 1.165) is 24.2 Å². The lowest BCUT2D eigenvalue weighted by atomic mass is 9.98. The number of aromatic nitrogens is 2. The highest BCUT2D eigenvalue weighted by Gasteiger charge is 2.22. The first-order valence-electron chi connectivity index (χ1n) is 8.10. The fourth-order valence-corrected chi connectivity index (χ4v) is 2.79. The molecular weight excluding hydrogens is 311 g/mol. The second-order valence-electron chi connectivity index (χ2n) is 6.00. The number of urea groups is 1. The van der Waals surface area contributed by atoms with Crippen LogP contribution in [0.3, 0.4) is 0 Å². The molecule has 1 aliphatic heterocycles. The zero-order chi connectivity index (χ0) is 16.9. The second kappa shape index (κ2) is 7.44. The summed E-state index contributed by atoms with van der Waals surface area (Å²) in [7, 11) is 0. The first-order valence-corrected chi connectivity index (χ1v) is 8.10. The molecule has 1 aromatic heterocycles. The van der Waals surface area contributed by atoms with Gasteiger partial charge in [-0.3, -0.25) is 0 Å². The quantitative estimate of drug-likeness (QED) is 0.899. The van der Waals surface area contributed by atoms with E-state index in [1.807, 2.05) is 6.07 Å². The molecule has 1 aliphatic rings. The SMILES string of the molecule is O=C(NCc1ccn(-c2ccc(F)cc2)n1)N1CCC(CO)CC1. The number of amides is 2. The molecule has 2 aromatic rings. The molecule has 0 spiro atoms. The lowest BCUT2D eigenvalue weighted by Gasteiger charge is -2.31. The Morgan fingerprint density at radius 3 is 2.62 bits per heavy atom. The molecule has 7 heteroatoms. The molecule has 3 rings (SSSR count). The molecular formula is C17H21FN4O2. The number of nitrogens with one attached hydrogen (secondary N) is 1. The summed E-state index contributed by atoms with van der Waals surface area (Å²) in [4.78, 5) is 13.9. The Morgan fingerprint density at radius 2 is 1.96 bits per heavy atom. The van der Waals surface area contributed by atoms with Crippen molar-refractivity contribution in [3.63, 3.8) is 0 Å². The van der Waals surface area contributed by atoms with Crippen molar-refractivity contribution in [2.45, 2.75) is 19.4 Å². The molecule has 2 N–H and O–H groups in total. The van der Waals surface area contributed by atoms with Gasteiger partial charge in [0.25, 0.3) is 0 Å². The molecule has 6 nitrogen and oxygen atoms in total. The van der Waals surface area contributed by atoms with Crippen LogP contribution in [0.4, 0.5) is 9.18 Å². The van der Waals surface area contributed by atoms with Crippen molar-refractivity contribution in [3.8, 4) is 5.69 Å². The molecule has 1 saturated heterocycles. The molecule has 1 aromatic carbocycles. The standard InChI is InChI=1S/C17H21FN4O2/c18-14-1-3-16(4-2-14)22-10-7-15(20-22)11-19-17(24)21-8-5-13(12-23)6-9-21/h1-4,7,10,13,23H,5-6,8-9,11-12H2,(H,19,24). The monoisotopic (exact) mass is 332 g/mol. The van der Waals surface area contributed by atoms with Crippen LogP contribution in [-0.2, 0) is 6.54 Å². The highest BCUT2D eigenvalue weighted by molar-refractivity contribution is 5.74. The number of hydrogen-bond donors (Lipinski definition) is 2. The molecule has 0 bridgehead atoms. The second-order valence-corrected chi connectivity index (χ2v) is 6.00. The average molecular weight is 332 g/mol. The predicted molar refractivity (Wildman–Crippen MR) is 87.1 cm³/mol. The van der Waals surface area contributed by atoms with Crippen LogP contribution < -0.4 is 5.32 Å². The van der Waals surface area contributed by atoms with Gasteiger partial charge in [0.2, 0.25) is 0 Å². The van der Waals surface area contributed by atoms with Crippen LogP contribution in [0.1, 0.15) is 18.5 Å². The van der Waals surface area contributed by atoms with Crippen molar-refractivity contribution in [2.24, 2.45) is 5.92 Å². The lowest BCUT2D eigenvalue weighted by molar-refractivity contribution is 0.137.